The zero-order chi connectivity index (χ0) is 12.5. The fourth-order valence-corrected chi connectivity index (χ4v) is 3.07. The molecule has 0 aliphatic heterocycles. The molecule has 1 rings (SSSR count). The maximum absolute atomic E-state index is 3.66. The summed E-state index contributed by atoms with van der Waals surface area (Å²) in [6.07, 6.45) is 8.36. The minimum Gasteiger partial charge on any atom is -0.314 e. The van der Waals surface area contributed by atoms with Crippen LogP contribution in [-0.2, 0) is 0 Å². The van der Waals surface area contributed by atoms with Crippen molar-refractivity contribution in [1.82, 2.24) is 10.2 Å². The lowest BCUT2D eigenvalue weighted by Crippen LogP contribution is -2.35. The lowest BCUT2D eigenvalue weighted by Gasteiger charge is -2.25. The Morgan fingerprint density at radius 2 is 1.94 bits per heavy atom. The number of nitrogens with zero attached hydrogens (tertiary/aromatic N) is 1. The molecule has 2 unspecified atom stereocenters. The topological polar surface area (TPSA) is 15.3 Å². The first kappa shape index (κ1) is 15.0. The number of unbranched alkanes of at least 4 members (excludes halogenated alkanes) is 1. The Labute approximate surface area is 108 Å². The van der Waals surface area contributed by atoms with E-state index < -0.39 is 0 Å². The molecule has 0 aromatic heterocycles. The average Bonchev–Trinajstić information content (AvgIpc) is 2.78. The predicted molar refractivity (Wildman–Crippen MR) is 76.4 cm³/mol. The Hall–Kier alpha value is -0.0800. The summed E-state index contributed by atoms with van der Waals surface area (Å²) < 4.78 is 0. The van der Waals surface area contributed by atoms with Crippen LogP contribution in [0.3, 0.4) is 0 Å². The molecule has 1 N–H and O–H groups in total. The molecule has 0 saturated heterocycles. The van der Waals surface area contributed by atoms with Crippen molar-refractivity contribution in [2.45, 2.75) is 65.3 Å². The summed E-state index contributed by atoms with van der Waals surface area (Å²) in [6.45, 7) is 11.8. The van der Waals surface area contributed by atoms with Gasteiger partial charge in [0.05, 0.1) is 0 Å². The van der Waals surface area contributed by atoms with E-state index >= 15 is 0 Å². The first-order valence-corrected chi connectivity index (χ1v) is 7.77. The van der Waals surface area contributed by atoms with E-state index in [-0.39, 0.29) is 0 Å². The van der Waals surface area contributed by atoms with Crippen LogP contribution in [-0.4, -0.2) is 37.1 Å². The number of hydrogen-bond acceptors (Lipinski definition) is 2. The van der Waals surface area contributed by atoms with E-state index in [4.69, 9.17) is 0 Å². The van der Waals surface area contributed by atoms with Gasteiger partial charge in [-0.1, -0.05) is 33.6 Å². The molecule has 0 radical (unpaired) electrons. The van der Waals surface area contributed by atoms with Gasteiger partial charge >= 0.3 is 0 Å². The van der Waals surface area contributed by atoms with Crippen molar-refractivity contribution < 1.29 is 0 Å². The fourth-order valence-electron chi connectivity index (χ4n) is 3.07. The number of hydrogen-bond donors (Lipinski definition) is 1. The Morgan fingerprint density at radius 1 is 1.12 bits per heavy atom. The van der Waals surface area contributed by atoms with Crippen molar-refractivity contribution in [3.63, 3.8) is 0 Å². The second-order valence-electron chi connectivity index (χ2n) is 5.43. The average molecular weight is 240 g/mol. The third kappa shape index (κ3) is 5.39. The molecule has 2 nitrogen and oxygen atoms in total. The van der Waals surface area contributed by atoms with Gasteiger partial charge in [-0.3, -0.25) is 0 Å². The van der Waals surface area contributed by atoms with E-state index in [0.29, 0.717) is 0 Å². The summed E-state index contributed by atoms with van der Waals surface area (Å²) in [7, 11) is 0. The first-order chi connectivity index (χ1) is 8.31. The van der Waals surface area contributed by atoms with Gasteiger partial charge in [0, 0.05) is 6.04 Å². The first-order valence-electron chi connectivity index (χ1n) is 7.77. The van der Waals surface area contributed by atoms with E-state index in [2.05, 4.69) is 31.0 Å². The van der Waals surface area contributed by atoms with Crippen LogP contribution in [0.5, 0.6) is 0 Å². The smallest absolute Gasteiger partial charge is 0.00956 e. The molecule has 2 atom stereocenters. The fraction of sp³-hybridized carbons (Fsp3) is 1.00. The van der Waals surface area contributed by atoms with Crippen molar-refractivity contribution >= 4 is 0 Å². The van der Waals surface area contributed by atoms with Crippen molar-refractivity contribution in [2.75, 3.05) is 26.2 Å². The van der Waals surface area contributed by atoms with Crippen molar-refractivity contribution in [3.8, 4) is 0 Å². The molecule has 0 aromatic carbocycles. The van der Waals surface area contributed by atoms with Crippen LogP contribution in [0.25, 0.3) is 0 Å². The molecule has 1 aliphatic rings. The van der Waals surface area contributed by atoms with Gasteiger partial charge in [0.15, 0.2) is 0 Å². The largest absolute Gasteiger partial charge is 0.314 e. The maximum atomic E-state index is 3.66. The number of rotatable bonds is 9. The van der Waals surface area contributed by atoms with E-state index in [9.17, 15) is 0 Å². The van der Waals surface area contributed by atoms with Gasteiger partial charge < -0.3 is 10.2 Å². The molecule has 102 valence electrons. The third-order valence-electron chi connectivity index (χ3n) is 4.22. The molecule has 0 aromatic rings. The minimum absolute atomic E-state index is 0.810. The van der Waals surface area contributed by atoms with Gasteiger partial charge in [-0.2, -0.15) is 0 Å². The van der Waals surface area contributed by atoms with Gasteiger partial charge in [-0.15, -0.1) is 0 Å². The highest BCUT2D eigenvalue weighted by atomic mass is 15.1. The minimum atomic E-state index is 0.810. The Kier molecular flexibility index (Phi) is 7.87. The Balaban J connectivity index is 2.22. The van der Waals surface area contributed by atoms with E-state index in [1.807, 2.05) is 0 Å². The summed E-state index contributed by atoms with van der Waals surface area (Å²) >= 11 is 0. The zero-order valence-corrected chi connectivity index (χ0v) is 12.2. The summed E-state index contributed by atoms with van der Waals surface area (Å²) in [6, 6.07) is 0.810. The lowest BCUT2D eigenvalue weighted by molar-refractivity contribution is 0.248. The molecule has 2 heteroatoms. The SMILES string of the molecule is CCCCN(CC)CCC1CCCC1NCC. The highest BCUT2D eigenvalue weighted by Gasteiger charge is 2.26. The number of nitrogens with one attached hydrogen (secondary N) is 1. The Bertz CT molecular complexity index is 182. The molecule has 0 bridgehead atoms. The quantitative estimate of drug-likeness (QED) is 0.665. The van der Waals surface area contributed by atoms with Gasteiger partial charge in [0.25, 0.3) is 0 Å². The van der Waals surface area contributed by atoms with Gasteiger partial charge in [-0.05, 0) is 57.8 Å². The molecule has 17 heavy (non-hydrogen) atoms. The summed E-state index contributed by atoms with van der Waals surface area (Å²) in [4.78, 5) is 2.63. The van der Waals surface area contributed by atoms with Crippen LogP contribution in [0.1, 0.15) is 59.3 Å². The highest BCUT2D eigenvalue weighted by molar-refractivity contribution is 4.83. The van der Waals surface area contributed by atoms with E-state index in [0.717, 1.165) is 18.5 Å². The molecular formula is C15H32N2. The molecule has 0 spiro atoms. The Morgan fingerprint density at radius 3 is 2.59 bits per heavy atom. The molecule has 0 heterocycles. The van der Waals surface area contributed by atoms with Crippen LogP contribution >= 0.6 is 0 Å². The highest BCUT2D eigenvalue weighted by Crippen LogP contribution is 2.28. The summed E-state index contributed by atoms with van der Waals surface area (Å²) in [5.41, 5.74) is 0. The van der Waals surface area contributed by atoms with Crippen LogP contribution in [0.4, 0.5) is 0 Å². The monoisotopic (exact) mass is 240 g/mol. The maximum Gasteiger partial charge on any atom is 0.00956 e. The molecular weight excluding hydrogens is 208 g/mol. The molecule has 1 aliphatic carbocycles. The summed E-state index contributed by atoms with van der Waals surface area (Å²) in [5, 5.41) is 3.66. The van der Waals surface area contributed by atoms with Crippen LogP contribution < -0.4 is 5.32 Å². The van der Waals surface area contributed by atoms with Crippen molar-refractivity contribution in [3.05, 3.63) is 0 Å². The second-order valence-corrected chi connectivity index (χ2v) is 5.43. The van der Waals surface area contributed by atoms with E-state index in [1.165, 1.54) is 58.2 Å². The van der Waals surface area contributed by atoms with Gasteiger partial charge in [-0.25, -0.2) is 0 Å². The summed E-state index contributed by atoms with van der Waals surface area (Å²) in [5.74, 6) is 0.936. The molecule has 1 saturated carbocycles. The van der Waals surface area contributed by atoms with E-state index in [1.54, 1.807) is 0 Å². The predicted octanol–water partition coefficient (Wildman–Crippen LogP) is 3.28. The van der Waals surface area contributed by atoms with Gasteiger partial charge in [0.2, 0.25) is 0 Å². The van der Waals surface area contributed by atoms with Crippen LogP contribution in [0, 0.1) is 5.92 Å². The third-order valence-corrected chi connectivity index (χ3v) is 4.22. The molecule has 0 amide bonds. The standard InChI is InChI=1S/C15H32N2/c1-4-7-12-17(6-3)13-11-14-9-8-10-15(14)16-5-2/h14-16H,4-13H2,1-3H3. The normalized spacial score (nSPS) is 24.7. The lowest BCUT2D eigenvalue weighted by atomic mass is 9.99. The van der Waals surface area contributed by atoms with Crippen LogP contribution in [0.2, 0.25) is 0 Å². The van der Waals surface area contributed by atoms with Crippen molar-refractivity contribution in [1.29, 1.82) is 0 Å². The molecule has 1 fully saturated rings. The second kappa shape index (κ2) is 8.93. The van der Waals surface area contributed by atoms with Crippen LogP contribution in [0.15, 0.2) is 0 Å². The van der Waals surface area contributed by atoms with Gasteiger partial charge in [0.1, 0.15) is 0 Å². The van der Waals surface area contributed by atoms with Crippen molar-refractivity contribution in [2.24, 2.45) is 5.92 Å². The zero-order valence-electron chi connectivity index (χ0n) is 12.2.